The summed E-state index contributed by atoms with van der Waals surface area (Å²) in [6.45, 7) is 0.892. The fourth-order valence-corrected chi connectivity index (χ4v) is 5.06. The fourth-order valence-electron chi connectivity index (χ4n) is 4.89. The highest BCUT2D eigenvalue weighted by Crippen LogP contribution is 2.45. The molecule has 2 aliphatic rings. The molecule has 1 atom stereocenters. The van der Waals surface area contributed by atoms with Crippen molar-refractivity contribution in [2.45, 2.75) is 18.4 Å². The Hall–Kier alpha value is -3.29. The van der Waals surface area contributed by atoms with Gasteiger partial charge >= 0.3 is 0 Å². The molecule has 1 spiro atoms. The monoisotopic (exact) mass is 448 g/mol. The number of aromatic nitrogens is 1. The lowest BCUT2D eigenvalue weighted by Gasteiger charge is -2.40. The summed E-state index contributed by atoms with van der Waals surface area (Å²) >= 11 is 6.30. The van der Waals surface area contributed by atoms with Gasteiger partial charge in [-0.25, -0.2) is 4.90 Å². The van der Waals surface area contributed by atoms with E-state index in [1.807, 2.05) is 35.2 Å². The van der Waals surface area contributed by atoms with E-state index in [2.05, 4.69) is 10.3 Å². The summed E-state index contributed by atoms with van der Waals surface area (Å²) < 4.78 is 0. The summed E-state index contributed by atoms with van der Waals surface area (Å²) in [7, 11) is 1.58. The minimum atomic E-state index is -1.11. The Morgan fingerprint density at radius 3 is 2.81 bits per heavy atom. The predicted molar refractivity (Wildman–Crippen MR) is 121 cm³/mol. The van der Waals surface area contributed by atoms with E-state index in [0.29, 0.717) is 17.3 Å². The molecular weight excluding hydrogens is 428 g/mol. The number of fused-ring (bicyclic) bond motifs is 3. The molecule has 0 saturated carbocycles. The minimum absolute atomic E-state index is 0.00659. The van der Waals surface area contributed by atoms with Crippen molar-refractivity contribution in [3.63, 3.8) is 0 Å². The number of halogens is 1. The van der Waals surface area contributed by atoms with Crippen LogP contribution < -0.4 is 10.2 Å². The standard InChI is InChI=1S/C24H21ClN4O3/c1-26-21(30)13-28-12-16-6-7-17(25)8-19(16)24(14-28)9-22(31)29(23(24)32)20-11-27-10-15-4-2-3-5-18(15)20/h2-8,10-11H,9,12-14H2,1H3,(H,26,30)/t24-/m1/s1. The first kappa shape index (κ1) is 20.6. The number of benzene rings is 2. The van der Waals surface area contributed by atoms with Gasteiger partial charge in [0.2, 0.25) is 17.7 Å². The van der Waals surface area contributed by atoms with Crippen molar-refractivity contribution in [3.8, 4) is 0 Å². The third-order valence-corrected chi connectivity index (χ3v) is 6.56. The van der Waals surface area contributed by atoms with Crippen LogP contribution in [-0.4, -0.2) is 47.7 Å². The second kappa shape index (κ2) is 7.69. The van der Waals surface area contributed by atoms with E-state index in [0.717, 1.165) is 21.9 Å². The van der Waals surface area contributed by atoms with Crippen LogP contribution in [0, 0.1) is 0 Å². The van der Waals surface area contributed by atoms with E-state index in [1.165, 1.54) is 4.90 Å². The van der Waals surface area contributed by atoms with Gasteiger partial charge in [-0.3, -0.25) is 24.3 Å². The molecule has 2 aliphatic heterocycles. The Labute approximate surface area is 190 Å². The zero-order valence-electron chi connectivity index (χ0n) is 17.5. The number of nitrogens with zero attached hydrogens (tertiary/aromatic N) is 3. The smallest absolute Gasteiger partial charge is 0.246 e. The summed E-state index contributed by atoms with van der Waals surface area (Å²) in [5.74, 6) is -0.754. The quantitative estimate of drug-likeness (QED) is 0.623. The largest absolute Gasteiger partial charge is 0.358 e. The third-order valence-electron chi connectivity index (χ3n) is 6.32. The van der Waals surface area contributed by atoms with Gasteiger partial charge in [0, 0.05) is 48.5 Å². The van der Waals surface area contributed by atoms with Gasteiger partial charge in [0.15, 0.2) is 0 Å². The van der Waals surface area contributed by atoms with E-state index in [1.54, 1.807) is 31.6 Å². The van der Waals surface area contributed by atoms with Crippen molar-refractivity contribution >= 4 is 45.8 Å². The van der Waals surface area contributed by atoms with E-state index < -0.39 is 5.41 Å². The lowest BCUT2D eigenvalue weighted by molar-refractivity contribution is -0.126. The van der Waals surface area contributed by atoms with Crippen molar-refractivity contribution < 1.29 is 14.4 Å². The Morgan fingerprint density at radius 1 is 1.19 bits per heavy atom. The molecular formula is C24H21ClN4O3. The Morgan fingerprint density at radius 2 is 2.00 bits per heavy atom. The van der Waals surface area contributed by atoms with E-state index in [9.17, 15) is 14.4 Å². The number of nitrogens with one attached hydrogen (secondary N) is 1. The maximum Gasteiger partial charge on any atom is 0.246 e. The zero-order valence-corrected chi connectivity index (χ0v) is 18.2. The second-order valence-corrected chi connectivity index (χ2v) is 8.73. The average molecular weight is 449 g/mol. The number of anilines is 1. The Bertz CT molecular complexity index is 1270. The molecule has 0 unspecified atom stereocenters. The molecule has 0 radical (unpaired) electrons. The van der Waals surface area contributed by atoms with Crippen LogP contribution in [0.4, 0.5) is 5.69 Å². The SMILES string of the molecule is CNC(=O)CN1Cc2ccc(Cl)cc2[C@@]2(CC(=O)N(c3cncc4ccccc34)C2=O)C1. The molecule has 1 N–H and O–H groups in total. The number of likely N-dealkylation sites (N-methyl/N-ethyl adjacent to an activating group) is 1. The first-order valence-corrected chi connectivity index (χ1v) is 10.7. The van der Waals surface area contributed by atoms with Gasteiger partial charge in [0.25, 0.3) is 0 Å². The molecule has 0 bridgehead atoms. The van der Waals surface area contributed by atoms with E-state index >= 15 is 0 Å². The second-order valence-electron chi connectivity index (χ2n) is 8.29. The number of rotatable bonds is 3. The van der Waals surface area contributed by atoms with Crippen LogP contribution in [0.25, 0.3) is 10.8 Å². The molecule has 32 heavy (non-hydrogen) atoms. The van der Waals surface area contributed by atoms with Gasteiger partial charge in [-0.1, -0.05) is 41.9 Å². The highest BCUT2D eigenvalue weighted by atomic mass is 35.5. The average Bonchev–Trinajstić information content (AvgIpc) is 3.03. The molecule has 1 aromatic heterocycles. The van der Waals surface area contributed by atoms with Crippen LogP contribution in [0.3, 0.4) is 0 Å². The van der Waals surface area contributed by atoms with Gasteiger partial charge in [0.1, 0.15) is 0 Å². The molecule has 7 nitrogen and oxygen atoms in total. The number of carbonyl (C=O) groups excluding carboxylic acids is 3. The van der Waals surface area contributed by atoms with Crippen LogP contribution in [0.2, 0.25) is 5.02 Å². The van der Waals surface area contributed by atoms with Crippen LogP contribution >= 0.6 is 11.6 Å². The minimum Gasteiger partial charge on any atom is -0.358 e. The Balaban J connectivity index is 1.64. The zero-order chi connectivity index (χ0) is 22.5. The lowest BCUT2D eigenvalue weighted by Crippen LogP contribution is -2.52. The van der Waals surface area contributed by atoms with Gasteiger partial charge in [-0.2, -0.15) is 0 Å². The number of hydrogen-bond acceptors (Lipinski definition) is 5. The topological polar surface area (TPSA) is 82.6 Å². The number of carbonyl (C=O) groups is 3. The maximum absolute atomic E-state index is 14.0. The maximum atomic E-state index is 14.0. The van der Waals surface area contributed by atoms with Crippen LogP contribution in [0.15, 0.2) is 54.9 Å². The number of hydrogen-bond donors (Lipinski definition) is 1. The van der Waals surface area contributed by atoms with E-state index in [4.69, 9.17) is 11.6 Å². The summed E-state index contributed by atoms with van der Waals surface area (Å²) in [6, 6.07) is 13.0. The van der Waals surface area contributed by atoms with Gasteiger partial charge in [0.05, 0.1) is 23.8 Å². The van der Waals surface area contributed by atoms with Crippen LogP contribution in [0.5, 0.6) is 0 Å². The highest BCUT2D eigenvalue weighted by molar-refractivity contribution is 6.31. The molecule has 2 aromatic carbocycles. The van der Waals surface area contributed by atoms with Gasteiger partial charge < -0.3 is 5.32 Å². The van der Waals surface area contributed by atoms with Gasteiger partial charge in [-0.15, -0.1) is 0 Å². The molecule has 8 heteroatoms. The number of imide groups is 1. The molecule has 5 rings (SSSR count). The number of amides is 3. The summed E-state index contributed by atoms with van der Waals surface area (Å²) in [4.78, 5) is 46.8. The van der Waals surface area contributed by atoms with Crippen molar-refractivity contribution in [3.05, 3.63) is 71.0 Å². The Kier molecular flexibility index (Phi) is 4.95. The predicted octanol–water partition coefficient (Wildman–Crippen LogP) is 2.65. The van der Waals surface area contributed by atoms with Crippen molar-refractivity contribution in [1.29, 1.82) is 0 Å². The lowest BCUT2D eigenvalue weighted by atomic mass is 9.73. The van der Waals surface area contributed by atoms with Crippen molar-refractivity contribution in [1.82, 2.24) is 15.2 Å². The third kappa shape index (κ3) is 3.16. The number of pyridine rings is 1. The van der Waals surface area contributed by atoms with Crippen LogP contribution in [-0.2, 0) is 26.3 Å². The first-order chi connectivity index (χ1) is 15.4. The highest BCUT2D eigenvalue weighted by Gasteiger charge is 2.56. The van der Waals surface area contributed by atoms with Crippen molar-refractivity contribution in [2.75, 3.05) is 25.0 Å². The molecule has 3 aromatic rings. The fraction of sp³-hybridized carbons (Fsp3) is 0.250. The summed E-state index contributed by atoms with van der Waals surface area (Å²) in [5, 5.41) is 4.76. The van der Waals surface area contributed by atoms with Crippen molar-refractivity contribution in [2.24, 2.45) is 0 Å². The molecule has 3 heterocycles. The molecule has 0 aliphatic carbocycles. The molecule has 1 saturated heterocycles. The molecule has 3 amide bonds. The molecule has 1 fully saturated rings. The van der Waals surface area contributed by atoms with Gasteiger partial charge in [-0.05, 0) is 23.3 Å². The summed E-state index contributed by atoms with van der Waals surface area (Å²) in [6.07, 6.45) is 3.27. The van der Waals surface area contributed by atoms with Crippen LogP contribution in [0.1, 0.15) is 17.5 Å². The first-order valence-electron chi connectivity index (χ1n) is 10.3. The molecule has 162 valence electrons. The van der Waals surface area contributed by atoms with E-state index in [-0.39, 0.29) is 37.2 Å². The summed E-state index contributed by atoms with van der Waals surface area (Å²) in [5.41, 5.74) is 1.01. The normalized spacial score (nSPS) is 20.8.